The van der Waals surface area contributed by atoms with Gasteiger partial charge in [0.05, 0.1) is 0 Å². The summed E-state index contributed by atoms with van der Waals surface area (Å²) in [6.07, 6.45) is 0. The van der Waals surface area contributed by atoms with Crippen molar-refractivity contribution in [3.8, 4) is 22.6 Å². The van der Waals surface area contributed by atoms with Crippen LogP contribution in [0, 0.1) is 6.92 Å². The Bertz CT molecular complexity index is 676. The van der Waals surface area contributed by atoms with Gasteiger partial charge >= 0.3 is 0 Å². The van der Waals surface area contributed by atoms with Crippen molar-refractivity contribution in [2.45, 2.75) is 6.92 Å². The van der Waals surface area contributed by atoms with Gasteiger partial charge in [-0.1, -0.05) is 66.7 Å². The quantitative estimate of drug-likeness (QED) is 0.673. The van der Waals surface area contributed by atoms with Gasteiger partial charge in [0.2, 0.25) is 0 Å². The van der Waals surface area contributed by atoms with E-state index >= 15 is 0 Å². The second-order valence-electron chi connectivity index (χ2n) is 4.67. The molecular formula is C19H18O2. The first kappa shape index (κ1) is 14.7. The fourth-order valence-corrected chi connectivity index (χ4v) is 1.94. The zero-order valence-electron chi connectivity index (χ0n) is 11.9. The number of aromatic hydroxyl groups is 2. The molecule has 0 saturated carbocycles. The number of rotatable bonds is 1. The van der Waals surface area contributed by atoms with Crippen LogP contribution in [0.15, 0.2) is 78.9 Å². The Labute approximate surface area is 125 Å². The van der Waals surface area contributed by atoms with Crippen molar-refractivity contribution in [3.05, 3.63) is 84.4 Å². The first-order chi connectivity index (χ1) is 10.2. The summed E-state index contributed by atoms with van der Waals surface area (Å²) in [7, 11) is 0. The van der Waals surface area contributed by atoms with Crippen LogP contribution in [-0.2, 0) is 0 Å². The second kappa shape index (κ2) is 7.15. The van der Waals surface area contributed by atoms with E-state index in [0.29, 0.717) is 11.5 Å². The summed E-state index contributed by atoms with van der Waals surface area (Å²) in [4.78, 5) is 0. The molecule has 0 heterocycles. The Hall–Kier alpha value is -2.74. The molecule has 2 heteroatoms. The first-order valence-electron chi connectivity index (χ1n) is 6.76. The number of benzene rings is 3. The SMILES string of the molecule is Cc1cccc(-c2ccccc2)c1O.Oc1ccccc1. The molecule has 21 heavy (non-hydrogen) atoms. The third kappa shape index (κ3) is 4.11. The van der Waals surface area contributed by atoms with Gasteiger partial charge < -0.3 is 10.2 Å². The summed E-state index contributed by atoms with van der Waals surface area (Å²) in [5, 5.41) is 18.5. The summed E-state index contributed by atoms with van der Waals surface area (Å²) in [6, 6.07) is 24.4. The van der Waals surface area contributed by atoms with Gasteiger partial charge in [-0.3, -0.25) is 0 Å². The minimum absolute atomic E-state index is 0.322. The normalized spacial score (nSPS) is 9.57. The van der Waals surface area contributed by atoms with Crippen LogP contribution in [0.5, 0.6) is 11.5 Å². The lowest BCUT2D eigenvalue weighted by Crippen LogP contribution is -1.81. The van der Waals surface area contributed by atoms with Gasteiger partial charge in [0.15, 0.2) is 0 Å². The number of para-hydroxylation sites is 2. The molecule has 3 aromatic rings. The summed E-state index contributed by atoms with van der Waals surface area (Å²) in [6.45, 7) is 1.90. The van der Waals surface area contributed by atoms with Crippen LogP contribution < -0.4 is 0 Å². The first-order valence-corrected chi connectivity index (χ1v) is 6.76. The number of aryl methyl sites for hydroxylation is 1. The van der Waals surface area contributed by atoms with Gasteiger partial charge in [0.1, 0.15) is 11.5 Å². The molecule has 0 unspecified atom stereocenters. The van der Waals surface area contributed by atoms with E-state index < -0.39 is 0 Å². The van der Waals surface area contributed by atoms with Gasteiger partial charge in [-0.05, 0) is 30.2 Å². The van der Waals surface area contributed by atoms with Crippen LogP contribution >= 0.6 is 0 Å². The maximum atomic E-state index is 9.85. The summed E-state index contributed by atoms with van der Waals surface area (Å²) in [5.41, 5.74) is 2.85. The highest BCUT2D eigenvalue weighted by atomic mass is 16.3. The zero-order valence-corrected chi connectivity index (χ0v) is 11.9. The molecule has 0 radical (unpaired) electrons. The third-order valence-corrected chi connectivity index (χ3v) is 3.08. The van der Waals surface area contributed by atoms with Crippen molar-refractivity contribution < 1.29 is 10.2 Å². The molecule has 106 valence electrons. The van der Waals surface area contributed by atoms with Crippen molar-refractivity contribution in [3.63, 3.8) is 0 Å². The van der Waals surface area contributed by atoms with E-state index in [0.717, 1.165) is 16.7 Å². The van der Waals surface area contributed by atoms with E-state index in [4.69, 9.17) is 5.11 Å². The Kier molecular flexibility index (Phi) is 4.99. The lowest BCUT2D eigenvalue weighted by Gasteiger charge is -2.06. The van der Waals surface area contributed by atoms with Crippen molar-refractivity contribution in [2.75, 3.05) is 0 Å². The van der Waals surface area contributed by atoms with Gasteiger partial charge in [-0.15, -0.1) is 0 Å². The minimum Gasteiger partial charge on any atom is -0.508 e. The Morgan fingerprint density at radius 1 is 0.619 bits per heavy atom. The standard InChI is InChI=1S/C13H12O.C6H6O/c1-10-6-5-9-12(13(10)14)11-7-3-2-4-8-11;7-6-4-2-1-3-5-6/h2-9,14H,1H3;1-5,7H. The van der Waals surface area contributed by atoms with E-state index in [1.807, 2.05) is 61.5 Å². The monoisotopic (exact) mass is 278 g/mol. The van der Waals surface area contributed by atoms with Crippen LogP contribution in [0.4, 0.5) is 0 Å². The maximum absolute atomic E-state index is 9.85. The second-order valence-corrected chi connectivity index (χ2v) is 4.67. The molecule has 0 aliphatic rings. The topological polar surface area (TPSA) is 40.5 Å². The Morgan fingerprint density at radius 3 is 1.71 bits per heavy atom. The van der Waals surface area contributed by atoms with Crippen LogP contribution in [-0.4, -0.2) is 10.2 Å². The van der Waals surface area contributed by atoms with Crippen molar-refractivity contribution in [2.24, 2.45) is 0 Å². The molecule has 0 saturated heterocycles. The van der Waals surface area contributed by atoms with Gasteiger partial charge in [-0.2, -0.15) is 0 Å². The van der Waals surface area contributed by atoms with Crippen LogP contribution in [0.3, 0.4) is 0 Å². The summed E-state index contributed by atoms with van der Waals surface area (Å²) < 4.78 is 0. The third-order valence-electron chi connectivity index (χ3n) is 3.08. The van der Waals surface area contributed by atoms with Crippen LogP contribution in [0.25, 0.3) is 11.1 Å². The van der Waals surface area contributed by atoms with Crippen molar-refractivity contribution in [1.82, 2.24) is 0 Å². The van der Waals surface area contributed by atoms with Gasteiger partial charge in [0.25, 0.3) is 0 Å². The smallest absolute Gasteiger partial charge is 0.126 e. The number of phenols is 2. The molecule has 2 N–H and O–H groups in total. The van der Waals surface area contributed by atoms with E-state index in [2.05, 4.69) is 0 Å². The van der Waals surface area contributed by atoms with Crippen molar-refractivity contribution >= 4 is 0 Å². The molecule has 0 aliphatic carbocycles. The molecule has 0 atom stereocenters. The Morgan fingerprint density at radius 2 is 1.19 bits per heavy atom. The molecule has 0 fully saturated rings. The molecule has 3 rings (SSSR count). The zero-order chi connectivity index (χ0) is 15.1. The molecule has 0 aromatic heterocycles. The van der Waals surface area contributed by atoms with E-state index in [1.165, 1.54) is 0 Å². The molecule has 0 amide bonds. The number of hydrogen-bond donors (Lipinski definition) is 2. The highest BCUT2D eigenvalue weighted by molar-refractivity contribution is 5.71. The largest absolute Gasteiger partial charge is 0.508 e. The predicted molar refractivity (Wildman–Crippen MR) is 86.4 cm³/mol. The summed E-state index contributed by atoms with van der Waals surface area (Å²) in [5.74, 6) is 0.696. The van der Waals surface area contributed by atoms with Crippen LogP contribution in [0.1, 0.15) is 5.56 Å². The molecule has 3 aromatic carbocycles. The molecule has 2 nitrogen and oxygen atoms in total. The van der Waals surface area contributed by atoms with Crippen LogP contribution in [0.2, 0.25) is 0 Å². The highest BCUT2D eigenvalue weighted by Gasteiger charge is 2.04. The number of hydrogen-bond acceptors (Lipinski definition) is 2. The average Bonchev–Trinajstić information content (AvgIpc) is 2.52. The van der Waals surface area contributed by atoms with E-state index in [1.54, 1.807) is 24.3 Å². The van der Waals surface area contributed by atoms with Gasteiger partial charge in [0, 0.05) is 5.56 Å². The maximum Gasteiger partial charge on any atom is 0.126 e. The molecule has 0 aliphatic heterocycles. The van der Waals surface area contributed by atoms with Gasteiger partial charge in [-0.25, -0.2) is 0 Å². The minimum atomic E-state index is 0.322. The van der Waals surface area contributed by atoms with E-state index in [-0.39, 0.29) is 0 Å². The fraction of sp³-hybridized carbons (Fsp3) is 0.0526. The summed E-state index contributed by atoms with van der Waals surface area (Å²) >= 11 is 0. The lowest BCUT2D eigenvalue weighted by molar-refractivity contribution is 0.473. The van der Waals surface area contributed by atoms with Crippen molar-refractivity contribution in [1.29, 1.82) is 0 Å². The highest BCUT2D eigenvalue weighted by Crippen LogP contribution is 2.31. The average molecular weight is 278 g/mol. The molecule has 0 bridgehead atoms. The lowest BCUT2D eigenvalue weighted by atomic mass is 10.0. The fourth-order valence-electron chi connectivity index (χ4n) is 1.94. The van der Waals surface area contributed by atoms with E-state index in [9.17, 15) is 5.11 Å². The molecule has 0 spiro atoms. The predicted octanol–water partition coefficient (Wildman–Crippen LogP) is 4.76. The number of phenolic OH excluding ortho intramolecular Hbond substituents is 2. The Balaban J connectivity index is 0.000000194. The molecular weight excluding hydrogens is 260 g/mol.